The number of hydrogen-bond acceptors (Lipinski definition) is 1. The maximum Gasteiger partial charge on any atom is 0.328 e. The van der Waals surface area contributed by atoms with Crippen LogP contribution < -0.4 is 0 Å². The average molecular weight is 135 g/mol. The molecule has 3 heteroatoms. The van der Waals surface area contributed by atoms with E-state index in [0.29, 0.717) is 5.57 Å². The highest BCUT2D eigenvalue weighted by Gasteiger charge is 1.89. The Kier molecular flexibility index (Phi) is 3.28. The minimum Gasteiger partial charge on any atom is -0.478 e. The van der Waals surface area contributed by atoms with Crippen LogP contribution >= 0.6 is 11.6 Å². The number of allylic oxidation sites excluding steroid dienone is 1. The number of carboxylic acid groups (broad SMARTS) is 1. The second kappa shape index (κ2) is 3.50. The normalized spacial score (nSPS) is 11.5. The number of halogens is 1. The molecule has 0 spiro atoms. The fraction of sp³-hybridized carbons (Fsp3) is 0.400. The van der Waals surface area contributed by atoms with Crippen molar-refractivity contribution in [1.29, 1.82) is 0 Å². The highest BCUT2D eigenvalue weighted by Crippen LogP contribution is 1.93. The average Bonchev–Trinajstić information content (AvgIpc) is 1.65. The molecule has 0 aliphatic heterocycles. The third kappa shape index (κ3) is 3.68. The Labute approximate surface area is 52.8 Å². The molecular weight excluding hydrogens is 128 g/mol. The molecule has 0 rings (SSSR count). The Hall–Kier alpha value is -0.500. The van der Waals surface area contributed by atoms with E-state index >= 15 is 0 Å². The number of alkyl halides is 1. The van der Waals surface area contributed by atoms with Gasteiger partial charge in [0, 0.05) is 12.0 Å². The van der Waals surface area contributed by atoms with Crippen LogP contribution in [0.15, 0.2) is 11.6 Å². The highest BCUT2D eigenvalue weighted by atomic mass is 35.5. The van der Waals surface area contributed by atoms with Gasteiger partial charge in [-0.2, -0.15) is 0 Å². The van der Waals surface area contributed by atoms with Crippen LogP contribution in [0.4, 0.5) is 0 Å². The third-order valence-corrected chi connectivity index (χ3v) is 1.00. The summed E-state index contributed by atoms with van der Waals surface area (Å²) in [4.78, 5) is 9.83. The monoisotopic (exact) mass is 134 g/mol. The number of carboxylic acids is 1. The highest BCUT2D eigenvalue weighted by molar-refractivity contribution is 6.19. The Morgan fingerprint density at radius 1 is 1.88 bits per heavy atom. The molecule has 0 heterocycles. The van der Waals surface area contributed by atoms with Gasteiger partial charge in [-0.15, -0.1) is 11.6 Å². The summed E-state index contributed by atoms with van der Waals surface area (Å²) in [5.41, 5.74) is 0.666. The fourth-order valence-corrected chi connectivity index (χ4v) is 0.327. The van der Waals surface area contributed by atoms with Gasteiger partial charge in [-0.3, -0.25) is 0 Å². The first-order valence-corrected chi connectivity index (χ1v) is 2.66. The van der Waals surface area contributed by atoms with Crippen LogP contribution in [0.25, 0.3) is 0 Å². The Bertz CT molecular complexity index is 118. The van der Waals surface area contributed by atoms with Crippen molar-refractivity contribution in [1.82, 2.24) is 0 Å². The first-order chi connectivity index (χ1) is 3.66. The van der Waals surface area contributed by atoms with Crippen LogP contribution in [0.5, 0.6) is 0 Å². The van der Waals surface area contributed by atoms with Crippen molar-refractivity contribution in [2.45, 2.75) is 6.92 Å². The van der Waals surface area contributed by atoms with E-state index in [0.717, 1.165) is 6.08 Å². The zero-order chi connectivity index (χ0) is 6.57. The summed E-state index contributed by atoms with van der Waals surface area (Å²) in [6.07, 6.45) is 1.09. The van der Waals surface area contributed by atoms with Gasteiger partial charge in [0.25, 0.3) is 0 Å². The molecule has 0 saturated carbocycles. The van der Waals surface area contributed by atoms with E-state index in [-0.39, 0.29) is 5.88 Å². The molecule has 8 heavy (non-hydrogen) atoms. The Morgan fingerprint density at radius 2 is 2.38 bits per heavy atom. The SMILES string of the molecule is C/C(=C/C(=O)O)CCl. The molecule has 1 N–H and O–H groups in total. The molecule has 0 unspecified atom stereocenters. The molecule has 0 atom stereocenters. The zero-order valence-corrected chi connectivity index (χ0v) is 5.27. The van der Waals surface area contributed by atoms with Crippen LogP contribution in [-0.4, -0.2) is 17.0 Å². The second-order valence-corrected chi connectivity index (χ2v) is 1.73. The number of carbonyl (C=O) groups is 1. The molecule has 0 radical (unpaired) electrons. The summed E-state index contributed by atoms with van der Waals surface area (Å²) in [5, 5.41) is 8.08. The molecule has 0 aliphatic rings. The van der Waals surface area contributed by atoms with Gasteiger partial charge in [-0.25, -0.2) is 4.79 Å². The molecular formula is C5H7ClO2. The molecule has 2 nitrogen and oxygen atoms in total. The smallest absolute Gasteiger partial charge is 0.328 e. The minimum absolute atomic E-state index is 0.284. The molecule has 0 saturated heterocycles. The molecule has 0 bridgehead atoms. The molecule has 0 aromatic carbocycles. The van der Waals surface area contributed by atoms with Gasteiger partial charge in [0.1, 0.15) is 0 Å². The Balaban J connectivity index is 3.75. The predicted octanol–water partition coefficient (Wildman–Crippen LogP) is 1.26. The van der Waals surface area contributed by atoms with Crippen LogP contribution in [0.2, 0.25) is 0 Å². The van der Waals surface area contributed by atoms with Crippen LogP contribution in [0.1, 0.15) is 6.92 Å². The second-order valence-electron chi connectivity index (χ2n) is 1.46. The lowest BCUT2D eigenvalue weighted by Gasteiger charge is -1.85. The lowest BCUT2D eigenvalue weighted by molar-refractivity contribution is -0.131. The van der Waals surface area contributed by atoms with E-state index in [4.69, 9.17) is 16.7 Å². The van der Waals surface area contributed by atoms with Crippen LogP contribution in [0, 0.1) is 0 Å². The fourth-order valence-electron chi connectivity index (χ4n) is 0.249. The standard InChI is InChI=1S/C5H7ClO2/c1-4(3-6)2-5(7)8/h2H,3H2,1H3,(H,7,8)/b4-2-. The maximum atomic E-state index is 9.83. The van der Waals surface area contributed by atoms with Crippen LogP contribution in [0.3, 0.4) is 0 Å². The van der Waals surface area contributed by atoms with Crippen molar-refractivity contribution in [3.05, 3.63) is 11.6 Å². The molecule has 0 aromatic heterocycles. The third-order valence-electron chi connectivity index (χ3n) is 0.581. The van der Waals surface area contributed by atoms with Crippen molar-refractivity contribution in [2.75, 3.05) is 5.88 Å². The Morgan fingerprint density at radius 3 is 2.50 bits per heavy atom. The summed E-state index contributed by atoms with van der Waals surface area (Å²) < 4.78 is 0. The van der Waals surface area contributed by atoms with Crippen molar-refractivity contribution in [2.24, 2.45) is 0 Å². The molecule has 0 fully saturated rings. The van der Waals surface area contributed by atoms with Gasteiger partial charge in [-0.1, -0.05) is 5.57 Å². The molecule has 0 amide bonds. The first-order valence-electron chi connectivity index (χ1n) is 2.13. The van der Waals surface area contributed by atoms with Crippen molar-refractivity contribution in [3.8, 4) is 0 Å². The number of rotatable bonds is 2. The van der Waals surface area contributed by atoms with E-state index in [1.165, 1.54) is 0 Å². The summed E-state index contributed by atoms with van der Waals surface area (Å²) in [6, 6.07) is 0. The molecule has 0 aliphatic carbocycles. The summed E-state index contributed by atoms with van der Waals surface area (Å²) in [6.45, 7) is 1.67. The van der Waals surface area contributed by atoms with Crippen LogP contribution in [-0.2, 0) is 4.79 Å². The molecule has 0 aromatic rings. The van der Waals surface area contributed by atoms with Gasteiger partial charge in [-0.05, 0) is 6.92 Å². The van der Waals surface area contributed by atoms with Crippen molar-refractivity contribution >= 4 is 17.6 Å². The minimum atomic E-state index is -0.942. The predicted molar refractivity (Wildman–Crippen MR) is 32.1 cm³/mol. The van der Waals surface area contributed by atoms with E-state index in [9.17, 15) is 4.79 Å². The van der Waals surface area contributed by atoms with Gasteiger partial charge >= 0.3 is 5.97 Å². The van der Waals surface area contributed by atoms with E-state index in [1.807, 2.05) is 0 Å². The zero-order valence-electron chi connectivity index (χ0n) is 4.52. The number of aliphatic carboxylic acids is 1. The first kappa shape index (κ1) is 7.50. The van der Waals surface area contributed by atoms with E-state index in [2.05, 4.69) is 0 Å². The quantitative estimate of drug-likeness (QED) is 0.456. The summed E-state index contributed by atoms with van der Waals surface area (Å²) in [7, 11) is 0. The van der Waals surface area contributed by atoms with Crippen molar-refractivity contribution in [3.63, 3.8) is 0 Å². The largest absolute Gasteiger partial charge is 0.478 e. The number of hydrogen-bond donors (Lipinski definition) is 1. The summed E-state index contributed by atoms with van der Waals surface area (Å²) >= 11 is 5.26. The van der Waals surface area contributed by atoms with Gasteiger partial charge < -0.3 is 5.11 Å². The maximum absolute atomic E-state index is 9.83. The van der Waals surface area contributed by atoms with Gasteiger partial charge in [0.05, 0.1) is 0 Å². The van der Waals surface area contributed by atoms with Crippen molar-refractivity contribution < 1.29 is 9.90 Å². The lowest BCUT2D eigenvalue weighted by Crippen LogP contribution is -1.89. The lowest BCUT2D eigenvalue weighted by atomic mass is 10.3. The van der Waals surface area contributed by atoms with E-state index < -0.39 is 5.97 Å². The van der Waals surface area contributed by atoms with E-state index in [1.54, 1.807) is 6.92 Å². The topological polar surface area (TPSA) is 37.3 Å². The summed E-state index contributed by atoms with van der Waals surface area (Å²) in [5.74, 6) is -0.658. The molecule has 46 valence electrons. The van der Waals surface area contributed by atoms with Gasteiger partial charge in [0.2, 0.25) is 0 Å². The van der Waals surface area contributed by atoms with Gasteiger partial charge in [0.15, 0.2) is 0 Å².